The Morgan fingerprint density at radius 3 is 1.73 bits per heavy atom. The van der Waals surface area contributed by atoms with Crippen LogP contribution in [0.1, 0.15) is 37.5 Å². The van der Waals surface area contributed by atoms with Gasteiger partial charge < -0.3 is 0 Å². The van der Waals surface area contributed by atoms with Crippen LogP contribution in [0.5, 0.6) is 0 Å². The van der Waals surface area contributed by atoms with Crippen LogP contribution in [-0.4, -0.2) is 9.97 Å². The smallest absolute Gasteiger partial charge is 0.0786 e. The lowest BCUT2D eigenvalue weighted by Crippen LogP contribution is -2.11. The molecular weight excluding hydrogens is 629 g/mol. The van der Waals surface area contributed by atoms with Crippen molar-refractivity contribution >= 4 is 10.9 Å². The molecule has 252 valence electrons. The summed E-state index contributed by atoms with van der Waals surface area (Å²) in [6, 6.07) is 54.9. The minimum absolute atomic E-state index is 0.0384. The summed E-state index contributed by atoms with van der Waals surface area (Å²) < 4.78 is 0. The summed E-state index contributed by atoms with van der Waals surface area (Å²) in [7, 11) is 0. The molecule has 6 aromatic carbocycles. The second-order valence-electron chi connectivity index (χ2n) is 14.9. The molecule has 2 heterocycles. The lowest BCUT2D eigenvalue weighted by Gasteiger charge is -2.19. The van der Waals surface area contributed by atoms with Crippen molar-refractivity contribution in [2.24, 2.45) is 0 Å². The number of aromatic nitrogens is 2. The Hall–Kier alpha value is -6.12. The van der Waals surface area contributed by atoms with E-state index >= 15 is 0 Å². The zero-order valence-corrected chi connectivity index (χ0v) is 30.5. The van der Waals surface area contributed by atoms with Gasteiger partial charge in [-0.2, -0.15) is 0 Å². The Morgan fingerprint density at radius 1 is 0.423 bits per heavy atom. The van der Waals surface area contributed by atoms with E-state index in [0.29, 0.717) is 0 Å². The van der Waals surface area contributed by atoms with Crippen LogP contribution < -0.4 is 0 Å². The topological polar surface area (TPSA) is 25.8 Å². The maximum absolute atomic E-state index is 5.26. The number of hydrogen-bond donors (Lipinski definition) is 0. The molecule has 8 rings (SSSR count). The fraction of sp³-hybridized carbons (Fsp3) is 0.120. The van der Waals surface area contributed by atoms with Gasteiger partial charge in [0.05, 0.1) is 11.2 Å². The molecule has 8 aromatic rings. The van der Waals surface area contributed by atoms with Crippen LogP contribution in [0.15, 0.2) is 164 Å². The molecule has 2 aromatic heterocycles. The molecule has 0 N–H and O–H groups in total. The first-order valence-corrected chi connectivity index (χ1v) is 18.1. The van der Waals surface area contributed by atoms with E-state index in [-0.39, 0.29) is 5.41 Å². The molecule has 2 heteroatoms. The zero-order valence-electron chi connectivity index (χ0n) is 30.5. The quantitative estimate of drug-likeness (QED) is 0.176. The van der Waals surface area contributed by atoms with Crippen molar-refractivity contribution in [1.82, 2.24) is 9.97 Å². The van der Waals surface area contributed by atoms with Gasteiger partial charge in [-0.25, -0.2) is 0 Å². The molecule has 0 saturated carbocycles. The monoisotopic (exact) mass is 670 g/mol. The minimum atomic E-state index is 0.0384. The lowest BCUT2D eigenvalue weighted by atomic mass is 9.86. The van der Waals surface area contributed by atoms with E-state index in [4.69, 9.17) is 9.97 Å². The van der Waals surface area contributed by atoms with Crippen LogP contribution in [0.25, 0.3) is 77.8 Å². The highest BCUT2D eigenvalue weighted by atomic mass is 14.7. The fourth-order valence-corrected chi connectivity index (χ4v) is 7.27. The molecule has 0 aliphatic carbocycles. The van der Waals surface area contributed by atoms with Crippen LogP contribution in [0.3, 0.4) is 0 Å². The van der Waals surface area contributed by atoms with Gasteiger partial charge in [-0.1, -0.05) is 136 Å². The highest BCUT2D eigenvalue weighted by Crippen LogP contribution is 2.41. The molecular formula is C50H42N2. The van der Waals surface area contributed by atoms with Crippen LogP contribution in [-0.2, 0) is 5.41 Å². The van der Waals surface area contributed by atoms with Gasteiger partial charge in [0.15, 0.2) is 0 Å². The Balaban J connectivity index is 1.34. The van der Waals surface area contributed by atoms with Crippen molar-refractivity contribution < 1.29 is 0 Å². The maximum Gasteiger partial charge on any atom is 0.0786 e. The summed E-state index contributed by atoms with van der Waals surface area (Å²) in [6.45, 7) is 11.1. The summed E-state index contributed by atoms with van der Waals surface area (Å²) in [5.41, 5.74) is 18.5. The molecule has 0 aliphatic rings. The second kappa shape index (κ2) is 13.5. The van der Waals surface area contributed by atoms with Crippen LogP contribution in [0.2, 0.25) is 0 Å². The number of rotatable bonds is 6. The molecule has 0 radical (unpaired) electrons. The largest absolute Gasteiger partial charge is 0.256 e. The van der Waals surface area contributed by atoms with Gasteiger partial charge in [-0.15, -0.1) is 0 Å². The van der Waals surface area contributed by atoms with Gasteiger partial charge in [0, 0.05) is 34.5 Å². The van der Waals surface area contributed by atoms with E-state index in [0.717, 1.165) is 55.5 Å². The number of benzene rings is 6. The molecule has 0 fully saturated rings. The van der Waals surface area contributed by atoms with Crippen LogP contribution in [0, 0.1) is 13.8 Å². The third kappa shape index (κ3) is 6.56. The highest BCUT2D eigenvalue weighted by molar-refractivity contribution is 6.05. The van der Waals surface area contributed by atoms with E-state index in [2.05, 4.69) is 186 Å². The summed E-state index contributed by atoms with van der Waals surface area (Å²) >= 11 is 0. The first-order chi connectivity index (χ1) is 25.2. The van der Waals surface area contributed by atoms with E-state index in [1.165, 1.54) is 38.9 Å². The number of hydrogen-bond acceptors (Lipinski definition) is 2. The zero-order chi connectivity index (χ0) is 35.8. The van der Waals surface area contributed by atoms with Crippen LogP contribution >= 0.6 is 0 Å². The summed E-state index contributed by atoms with van der Waals surface area (Å²) in [6.07, 6.45) is 3.95. The van der Waals surface area contributed by atoms with Gasteiger partial charge in [0.1, 0.15) is 0 Å². The van der Waals surface area contributed by atoms with Crippen molar-refractivity contribution in [2.45, 2.75) is 40.0 Å². The number of aryl methyl sites for hydroxylation is 2. The van der Waals surface area contributed by atoms with Gasteiger partial charge in [0.2, 0.25) is 0 Å². The first kappa shape index (κ1) is 33.0. The number of nitrogens with zero attached hydrogens (tertiary/aromatic N) is 2. The standard InChI is InChI=1S/C50H42N2/c1-33-19-20-44(34(2)25-33)40-27-39(35-13-8-6-9-14-35)28-41(29-40)46-22-21-45(47-30-42(32-52-49(46)47)36-15-10-7-11-16-36)37-17-12-18-38(26-37)48-31-43(23-24-51-48)50(3,4)5/h6-32H,1-5H3. The van der Waals surface area contributed by atoms with E-state index in [9.17, 15) is 0 Å². The van der Waals surface area contributed by atoms with Crippen molar-refractivity contribution in [3.63, 3.8) is 0 Å². The first-order valence-electron chi connectivity index (χ1n) is 18.1. The molecule has 0 unspecified atom stereocenters. The van der Waals surface area contributed by atoms with Gasteiger partial charge in [0.25, 0.3) is 0 Å². The van der Waals surface area contributed by atoms with Gasteiger partial charge >= 0.3 is 0 Å². The normalized spacial score (nSPS) is 11.6. The third-order valence-corrected chi connectivity index (χ3v) is 10.1. The molecule has 0 spiro atoms. The Morgan fingerprint density at radius 2 is 1.02 bits per heavy atom. The molecule has 52 heavy (non-hydrogen) atoms. The maximum atomic E-state index is 5.26. The van der Waals surface area contributed by atoms with Crippen LogP contribution in [0.4, 0.5) is 0 Å². The van der Waals surface area contributed by atoms with Crippen molar-refractivity contribution in [3.8, 4) is 66.9 Å². The average molecular weight is 671 g/mol. The summed E-state index contributed by atoms with van der Waals surface area (Å²) in [4.78, 5) is 10.1. The second-order valence-corrected chi connectivity index (χ2v) is 14.9. The van der Waals surface area contributed by atoms with Crippen molar-refractivity contribution in [1.29, 1.82) is 0 Å². The van der Waals surface area contributed by atoms with Crippen molar-refractivity contribution in [2.75, 3.05) is 0 Å². The predicted molar refractivity (Wildman–Crippen MR) is 220 cm³/mol. The van der Waals surface area contributed by atoms with E-state index in [1.807, 2.05) is 12.4 Å². The third-order valence-electron chi connectivity index (χ3n) is 10.1. The fourth-order valence-electron chi connectivity index (χ4n) is 7.27. The summed E-state index contributed by atoms with van der Waals surface area (Å²) in [5.74, 6) is 0. The molecule has 0 amide bonds. The Bertz CT molecular complexity index is 2560. The molecule has 2 nitrogen and oxygen atoms in total. The van der Waals surface area contributed by atoms with Gasteiger partial charge in [-0.3, -0.25) is 9.97 Å². The molecule has 0 saturated heterocycles. The molecule has 0 aliphatic heterocycles. The number of fused-ring (bicyclic) bond motifs is 1. The predicted octanol–water partition coefficient (Wildman–Crippen LogP) is 13.5. The molecule has 0 atom stereocenters. The SMILES string of the molecule is Cc1ccc(-c2cc(-c3ccccc3)cc(-c3ccc(-c4cccc(-c5cc(C(C)(C)C)ccn5)c4)c4cc(-c5ccccc5)cnc34)c2)c(C)c1. The minimum Gasteiger partial charge on any atom is -0.256 e. The summed E-state index contributed by atoms with van der Waals surface area (Å²) in [5, 5.41) is 1.12. The average Bonchev–Trinajstić information content (AvgIpc) is 3.17. The molecule has 0 bridgehead atoms. The highest BCUT2D eigenvalue weighted by Gasteiger charge is 2.18. The Labute approximate surface area is 307 Å². The number of pyridine rings is 2. The van der Waals surface area contributed by atoms with Gasteiger partial charge in [-0.05, 0) is 117 Å². The Kier molecular flexibility index (Phi) is 8.61. The van der Waals surface area contributed by atoms with E-state index < -0.39 is 0 Å². The van der Waals surface area contributed by atoms with Crippen molar-refractivity contribution in [3.05, 3.63) is 181 Å². The van der Waals surface area contributed by atoms with E-state index in [1.54, 1.807) is 0 Å². The lowest BCUT2D eigenvalue weighted by molar-refractivity contribution is 0.589.